The number of thiazole rings is 1. The van der Waals surface area contributed by atoms with E-state index in [1.165, 1.54) is 11.3 Å². The van der Waals surface area contributed by atoms with E-state index in [0.717, 1.165) is 12.2 Å². The van der Waals surface area contributed by atoms with Gasteiger partial charge in [0.1, 0.15) is 6.04 Å². The molecule has 1 amide bonds. The van der Waals surface area contributed by atoms with Crippen molar-refractivity contribution in [3.05, 3.63) is 16.6 Å². The van der Waals surface area contributed by atoms with E-state index in [9.17, 15) is 4.79 Å². The van der Waals surface area contributed by atoms with Crippen LogP contribution in [-0.4, -0.2) is 24.0 Å². The highest BCUT2D eigenvalue weighted by Crippen LogP contribution is 2.13. The summed E-state index contributed by atoms with van der Waals surface area (Å²) in [4.78, 5) is 15.4. The van der Waals surface area contributed by atoms with Gasteiger partial charge in [-0.05, 0) is 0 Å². The lowest BCUT2D eigenvalue weighted by atomic mass is 10.2. The number of piperazine rings is 1. The van der Waals surface area contributed by atoms with Gasteiger partial charge in [0, 0.05) is 18.5 Å². The van der Waals surface area contributed by atoms with Gasteiger partial charge in [0.2, 0.25) is 5.91 Å². The van der Waals surface area contributed by atoms with Crippen molar-refractivity contribution in [3.63, 3.8) is 0 Å². The number of nitrogens with one attached hydrogen (secondary N) is 2. The third-order valence-electron chi connectivity index (χ3n) is 1.78. The highest BCUT2D eigenvalue weighted by atomic mass is 32.1. The molecule has 1 unspecified atom stereocenters. The van der Waals surface area contributed by atoms with Crippen molar-refractivity contribution in [2.24, 2.45) is 0 Å². The molecule has 0 spiro atoms. The number of hydrogen-bond donors (Lipinski definition) is 2. The van der Waals surface area contributed by atoms with E-state index < -0.39 is 0 Å². The molecule has 0 radical (unpaired) electrons. The Morgan fingerprint density at radius 1 is 1.58 bits per heavy atom. The molecular weight excluding hydrogens is 174 g/mol. The van der Waals surface area contributed by atoms with E-state index in [-0.39, 0.29) is 11.9 Å². The Kier molecular flexibility index (Phi) is 2.05. The molecule has 1 fully saturated rings. The van der Waals surface area contributed by atoms with Gasteiger partial charge in [-0.25, -0.2) is 4.98 Å². The van der Waals surface area contributed by atoms with E-state index in [1.807, 2.05) is 5.38 Å². The molecule has 1 aromatic heterocycles. The number of carbonyl (C=O) groups is 1. The standard InChI is InChI=1S/C7H9N3OS/c11-7-6(8-1-2-9-7)5-3-12-4-10-5/h3-4,6,8H,1-2H2,(H,9,11). The Hall–Kier alpha value is -0.940. The van der Waals surface area contributed by atoms with Crippen molar-refractivity contribution >= 4 is 17.2 Å². The predicted octanol–water partition coefficient (Wildman–Crippen LogP) is -0.0964. The van der Waals surface area contributed by atoms with Crippen LogP contribution < -0.4 is 10.6 Å². The number of nitrogens with zero attached hydrogens (tertiary/aromatic N) is 1. The summed E-state index contributed by atoms with van der Waals surface area (Å²) in [6.07, 6.45) is 0. The lowest BCUT2D eigenvalue weighted by molar-refractivity contribution is -0.124. The van der Waals surface area contributed by atoms with Gasteiger partial charge >= 0.3 is 0 Å². The third-order valence-corrected chi connectivity index (χ3v) is 2.39. The van der Waals surface area contributed by atoms with Gasteiger partial charge in [-0.2, -0.15) is 0 Å². The maximum absolute atomic E-state index is 11.3. The van der Waals surface area contributed by atoms with Crippen molar-refractivity contribution in [1.29, 1.82) is 0 Å². The number of aromatic nitrogens is 1. The van der Waals surface area contributed by atoms with Gasteiger partial charge in [0.15, 0.2) is 0 Å². The molecule has 4 nitrogen and oxygen atoms in total. The van der Waals surface area contributed by atoms with Crippen molar-refractivity contribution < 1.29 is 4.79 Å². The first-order chi connectivity index (χ1) is 5.88. The molecule has 12 heavy (non-hydrogen) atoms. The monoisotopic (exact) mass is 183 g/mol. The Labute approximate surface area is 74.0 Å². The van der Waals surface area contributed by atoms with Crippen LogP contribution in [0.1, 0.15) is 11.7 Å². The molecule has 2 rings (SSSR count). The SMILES string of the molecule is O=C1NCCNC1c1cscn1. The molecule has 1 saturated heterocycles. The normalized spacial score (nSPS) is 23.7. The minimum Gasteiger partial charge on any atom is -0.353 e. The van der Waals surface area contributed by atoms with Crippen LogP contribution in [0.4, 0.5) is 0 Å². The van der Waals surface area contributed by atoms with Gasteiger partial charge in [-0.1, -0.05) is 0 Å². The minimum atomic E-state index is -0.245. The lowest BCUT2D eigenvalue weighted by Gasteiger charge is -2.21. The smallest absolute Gasteiger partial charge is 0.243 e. The maximum atomic E-state index is 11.3. The van der Waals surface area contributed by atoms with Gasteiger partial charge in [0.25, 0.3) is 0 Å². The van der Waals surface area contributed by atoms with Crippen LogP contribution in [0, 0.1) is 0 Å². The molecule has 0 bridgehead atoms. The van der Waals surface area contributed by atoms with E-state index in [1.54, 1.807) is 5.51 Å². The number of rotatable bonds is 1. The molecule has 0 aliphatic carbocycles. The Morgan fingerprint density at radius 3 is 3.17 bits per heavy atom. The first-order valence-corrected chi connectivity index (χ1v) is 4.71. The average molecular weight is 183 g/mol. The number of amides is 1. The second kappa shape index (κ2) is 3.20. The van der Waals surface area contributed by atoms with Crippen LogP contribution in [0.3, 0.4) is 0 Å². The molecule has 0 aromatic carbocycles. The van der Waals surface area contributed by atoms with Crippen molar-refractivity contribution in [1.82, 2.24) is 15.6 Å². The number of carbonyl (C=O) groups excluding carboxylic acids is 1. The Morgan fingerprint density at radius 2 is 2.50 bits per heavy atom. The van der Waals surface area contributed by atoms with E-state index in [4.69, 9.17) is 0 Å². The quantitative estimate of drug-likeness (QED) is 0.639. The molecule has 1 atom stereocenters. The zero-order valence-electron chi connectivity index (χ0n) is 6.41. The third kappa shape index (κ3) is 1.33. The topological polar surface area (TPSA) is 54.0 Å². The lowest BCUT2D eigenvalue weighted by Crippen LogP contribution is -2.47. The van der Waals surface area contributed by atoms with Crippen molar-refractivity contribution in [3.8, 4) is 0 Å². The van der Waals surface area contributed by atoms with Gasteiger partial charge < -0.3 is 5.32 Å². The molecule has 2 N–H and O–H groups in total. The summed E-state index contributed by atoms with van der Waals surface area (Å²) in [7, 11) is 0. The predicted molar refractivity (Wildman–Crippen MR) is 45.9 cm³/mol. The highest BCUT2D eigenvalue weighted by Gasteiger charge is 2.24. The van der Waals surface area contributed by atoms with E-state index >= 15 is 0 Å². The fraction of sp³-hybridized carbons (Fsp3) is 0.429. The first-order valence-electron chi connectivity index (χ1n) is 3.77. The molecular formula is C7H9N3OS. The van der Waals surface area contributed by atoms with Crippen LogP contribution in [0.2, 0.25) is 0 Å². The van der Waals surface area contributed by atoms with E-state index in [0.29, 0.717) is 6.54 Å². The molecule has 0 saturated carbocycles. The molecule has 5 heteroatoms. The zero-order valence-corrected chi connectivity index (χ0v) is 7.23. The minimum absolute atomic E-state index is 0.0205. The Bertz CT molecular complexity index is 272. The van der Waals surface area contributed by atoms with E-state index in [2.05, 4.69) is 15.6 Å². The van der Waals surface area contributed by atoms with Gasteiger partial charge in [-0.15, -0.1) is 11.3 Å². The van der Waals surface area contributed by atoms with Crippen LogP contribution >= 0.6 is 11.3 Å². The summed E-state index contributed by atoms with van der Waals surface area (Å²) in [6, 6.07) is -0.245. The van der Waals surface area contributed by atoms with Crippen molar-refractivity contribution in [2.45, 2.75) is 6.04 Å². The zero-order chi connectivity index (χ0) is 8.39. The molecule has 1 aliphatic rings. The molecule has 64 valence electrons. The summed E-state index contributed by atoms with van der Waals surface area (Å²) in [6.45, 7) is 1.52. The molecule has 1 aliphatic heterocycles. The fourth-order valence-corrected chi connectivity index (χ4v) is 1.78. The van der Waals surface area contributed by atoms with Crippen LogP contribution in [0.5, 0.6) is 0 Å². The number of hydrogen-bond acceptors (Lipinski definition) is 4. The van der Waals surface area contributed by atoms with Crippen LogP contribution in [-0.2, 0) is 4.79 Å². The van der Waals surface area contributed by atoms with Gasteiger partial charge in [-0.3, -0.25) is 10.1 Å². The second-order valence-corrected chi connectivity index (χ2v) is 3.31. The first kappa shape index (κ1) is 7.70. The molecule has 1 aromatic rings. The Balaban J connectivity index is 2.17. The van der Waals surface area contributed by atoms with Crippen LogP contribution in [0.25, 0.3) is 0 Å². The molecule has 2 heterocycles. The van der Waals surface area contributed by atoms with Gasteiger partial charge in [0.05, 0.1) is 11.2 Å². The van der Waals surface area contributed by atoms with Crippen LogP contribution in [0.15, 0.2) is 10.9 Å². The largest absolute Gasteiger partial charge is 0.353 e. The summed E-state index contributed by atoms with van der Waals surface area (Å²) in [5.41, 5.74) is 2.55. The highest BCUT2D eigenvalue weighted by molar-refractivity contribution is 7.07. The van der Waals surface area contributed by atoms with Crippen molar-refractivity contribution in [2.75, 3.05) is 13.1 Å². The second-order valence-electron chi connectivity index (χ2n) is 2.59. The summed E-state index contributed by atoms with van der Waals surface area (Å²) < 4.78 is 0. The fourth-order valence-electron chi connectivity index (χ4n) is 1.20. The summed E-state index contributed by atoms with van der Waals surface area (Å²) in [5.74, 6) is 0.0205. The summed E-state index contributed by atoms with van der Waals surface area (Å²) in [5, 5.41) is 7.78. The summed E-state index contributed by atoms with van der Waals surface area (Å²) >= 11 is 1.50. The average Bonchev–Trinajstić information content (AvgIpc) is 2.57. The maximum Gasteiger partial charge on any atom is 0.243 e.